The number of hydrogen-bond donors (Lipinski definition) is 2. The molecule has 0 unspecified atom stereocenters. The zero-order valence-electron chi connectivity index (χ0n) is 13.8. The monoisotopic (exact) mass is 304 g/mol. The van der Waals surface area contributed by atoms with Crippen LogP contribution in [0.25, 0.3) is 0 Å². The molecule has 1 aromatic rings. The molecule has 122 valence electrons. The third kappa shape index (κ3) is 5.54. The van der Waals surface area contributed by atoms with Crippen molar-refractivity contribution < 1.29 is 4.74 Å². The average Bonchev–Trinajstić information content (AvgIpc) is 3.08. The van der Waals surface area contributed by atoms with Crippen LogP contribution in [0.4, 0.5) is 0 Å². The number of methoxy groups -OCH3 is 1. The first-order valence-corrected chi connectivity index (χ1v) is 8.25. The van der Waals surface area contributed by atoms with Gasteiger partial charge in [0.25, 0.3) is 0 Å². The van der Waals surface area contributed by atoms with Crippen LogP contribution >= 0.6 is 0 Å². The SMILES string of the molecule is CN=C(NCCCC1CCCC1)NCc1ccc(OC)nc1. The Labute approximate surface area is 133 Å². The van der Waals surface area contributed by atoms with Crippen molar-refractivity contribution in [1.82, 2.24) is 15.6 Å². The molecular weight excluding hydrogens is 276 g/mol. The van der Waals surface area contributed by atoms with Gasteiger partial charge in [-0.05, 0) is 24.3 Å². The van der Waals surface area contributed by atoms with Crippen molar-refractivity contribution in [2.24, 2.45) is 10.9 Å². The zero-order chi connectivity index (χ0) is 15.6. The molecule has 0 saturated heterocycles. The fourth-order valence-corrected chi connectivity index (χ4v) is 2.94. The lowest BCUT2D eigenvalue weighted by atomic mass is 10.0. The molecule has 0 aromatic carbocycles. The number of ether oxygens (including phenoxy) is 1. The maximum absolute atomic E-state index is 5.06. The van der Waals surface area contributed by atoms with Gasteiger partial charge in [0.1, 0.15) is 0 Å². The Morgan fingerprint density at radius 1 is 1.32 bits per heavy atom. The highest BCUT2D eigenvalue weighted by Gasteiger charge is 2.13. The van der Waals surface area contributed by atoms with Gasteiger partial charge in [0.15, 0.2) is 5.96 Å². The quantitative estimate of drug-likeness (QED) is 0.462. The highest BCUT2D eigenvalue weighted by molar-refractivity contribution is 5.79. The molecule has 1 fully saturated rings. The molecule has 2 rings (SSSR count). The first kappa shape index (κ1) is 16.6. The number of nitrogens with one attached hydrogen (secondary N) is 2. The maximum atomic E-state index is 5.06. The summed E-state index contributed by atoms with van der Waals surface area (Å²) in [7, 11) is 3.43. The molecule has 0 atom stereocenters. The molecule has 5 heteroatoms. The van der Waals surface area contributed by atoms with E-state index in [2.05, 4.69) is 20.6 Å². The fourth-order valence-electron chi connectivity index (χ4n) is 2.94. The molecule has 2 N–H and O–H groups in total. The number of hydrogen-bond acceptors (Lipinski definition) is 3. The van der Waals surface area contributed by atoms with Crippen LogP contribution in [0.3, 0.4) is 0 Å². The van der Waals surface area contributed by atoms with Gasteiger partial charge in [-0.3, -0.25) is 4.99 Å². The highest BCUT2D eigenvalue weighted by Crippen LogP contribution is 2.28. The van der Waals surface area contributed by atoms with Gasteiger partial charge in [-0.15, -0.1) is 0 Å². The van der Waals surface area contributed by atoms with Gasteiger partial charge >= 0.3 is 0 Å². The van der Waals surface area contributed by atoms with E-state index in [1.807, 2.05) is 18.3 Å². The predicted molar refractivity (Wildman–Crippen MR) is 90.2 cm³/mol. The summed E-state index contributed by atoms with van der Waals surface area (Å²) in [6.07, 6.45) is 10.1. The minimum atomic E-state index is 0.637. The van der Waals surface area contributed by atoms with E-state index in [-0.39, 0.29) is 0 Å². The second-order valence-electron chi connectivity index (χ2n) is 5.85. The van der Waals surface area contributed by atoms with E-state index >= 15 is 0 Å². The van der Waals surface area contributed by atoms with E-state index in [4.69, 9.17) is 4.74 Å². The topological polar surface area (TPSA) is 58.5 Å². The largest absolute Gasteiger partial charge is 0.481 e. The lowest BCUT2D eigenvalue weighted by Crippen LogP contribution is -2.37. The van der Waals surface area contributed by atoms with E-state index < -0.39 is 0 Å². The van der Waals surface area contributed by atoms with E-state index in [1.165, 1.54) is 38.5 Å². The number of guanidine groups is 1. The number of aromatic nitrogens is 1. The average molecular weight is 304 g/mol. The molecule has 0 aliphatic heterocycles. The summed E-state index contributed by atoms with van der Waals surface area (Å²) in [6, 6.07) is 3.88. The summed E-state index contributed by atoms with van der Waals surface area (Å²) < 4.78 is 5.06. The molecule has 1 heterocycles. The molecule has 0 bridgehead atoms. The van der Waals surface area contributed by atoms with E-state index in [0.29, 0.717) is 12.4 Å². The molecule has 5 nitrogen and oxygen atoms in total. The fraction of sp³-hybridized carbons (Fsp3) is 0.647. The van der Waals surface area contributed by atoms with Crippen molar-refractivity contribution >= 4 is 5.96 Å². The van der Waals surface area contributed by atoms with Crippen molar-refractivity contribution in [3.8, 4) is 5.88 Å². The Balaban J connectivity index is 1.63. The Kier molecular flexibility index (Phi) is 7.00. The number of pyridine rings is 1. The normalized spacial score (nSPS) is 15.8. The Morgan fingerprint density at radius 2 is 2.14 bits per heavy atom. The lowest BCUT2D eigenvalue weighted by Gasteiger charge is -2.13. The van der Waals surface area contributed by atoms with Gasteiger partial charge < -0.3 is 15.4 Å². The van der Waals surface area contributed by atoms with Crippen molar-refractivity contribution in [2.75, 3.05) is 20.7 Å². The minimum absolute atomic E-state index is 0.637. The van der Waals surface area contributed by atoms with Crippen LogP contribution in [0.2, 0.25) is 0 Å². The third-order valence-corrected chi connectivity index (χ3v) is 4.25. The first-order valence-electron chi connectivity index (χ1n) is 8.25. The van der Waals surface area contributed by atoms with E-state index in [1.54, 1.807) is 14.2 Å². The van der Waals surface area contributed by atoms with Crippen molar-refractivity contribution in [3.63, 3.8) is 0 Å². The Morgan fingerprint density at radius 3 is 2.77 bits per heavy atom. The van der Waals surface area contributed by atoms with Crippen LogP contribution in [-0.4, -0.2) is 31.6 Å². The van der Waals surface area contributed by atoms with Crippen molar-refractivity contribution in [2.45, 2.75) is 45.1 Å². The second kappa shape index (κ2) is 9.28. The van der Waals surface area contributed by atoms with Gasteiger partial charge in [0.2, 0.25) is 5.88 Å². The number of nitrogens with zero attached hydrogens (tertiary/aromatic N) is 2. The zero-order valence-corrected chi connectivity index (χ0v) is 13.8. The molecule has 1 aromatic heterocycles. The molecule has 0 spiro atoms. The lowest BCUT2D eigenvalue weighted by molar-refractivity contribution is 0.397. The van der Waals surface area contributed by atoms with E-state index in [9.17, 15) is 0 Å². The van der Waals surface area contributed by atoms with Gasteiger partial charge in [0.05, 0.1) is 7.11 Å². The minimum Gasteiger partial charge on any atom is -0.481 e. The summed E-state index contributed by atoms with van der Waals surface area (Å²) in [6.45, 7) is 1.69. The van der Waals surface area contributed by atoms with Crippen LogP contribution < -0.4 is 15.4 Å². The standard InChI is InChI=1S/C17H28N4O/c1-18-17(19-11-5-8-14-6-3-4-7-14)21-13-15-9-10-16(22-2)20-12-15/h9-10,12,14H,3-8,11,13H2,1-2H3,(H2,18,19,21). The summed E-state index contributed by atoms with van der Waals surface area (Å²) in [5.74, 6) is 2.45. The number of aliphatic imine (C=N–C) groups is 1. The molecule has 0 radical (unpaired) electrons. The third-order valence-electron chi connectivity index (χ3n) is 4.25. The molecule has 22 heavy (non-hydrogen) atoms. The van der Waals surface area contributed by atoms with Crippen LogP contribution in [0, 0.1) is 5.92 Å². The highest BCUT2D eigenvalue weighted by atomic mass is 16.5. The summed E-state index contributed by atoms with van der Waals surface area (Å²) in [4.78, 5) is 8.45. The van der Waals surface area contributed by atoms with Gasteiger partial charge in [-0.25, -0.2) is 4.98 Å². The van der Waals surface area contributed by atoms with Crippen molar-refractivity contribution in [1.29, 1.82) is 0 Å². The maximum Gasteiger partial charge on any atom is 0.212 e. The van der Waals surface area contributed by atoms with E-state index in [0.717, 1.165) is 24.0 Å². The Bertz CT molecular complexity index is 452. The molecule has 1 saturated carbocycles. The molecule has 0 amide bonds. The van der Waals surface area contributed by atoms with Crippen LogP contribution in [0.1, 0.15) is 44.1 Å². The van der Waals surface area contributed by atoms with Crippen LogP contribution in [0.15, 0.2) is 23.3 Å². The second-order valence-corrected chi connectivity index (χ2v) is 5.85. The Hall–Kier alpha value is -1.78. The van der Waals surface area contributed by atoms with Crippen LogP contribution in [-0.2, 0) is 6.54 Å². The predicted octanol–water partition coefficient (Wildman–Crippen LogP) is 2.73. The summed E-state index contributed by atoms with van der Waals surface area (Å²) in [5, 5.41) is 6.69. The van der Waals surface area contributed by atoms with Crippen LogP contribution in [0.5, 0.6) is 5.88 Å². The summed E-state index contributed by atoms with van der Waals surface area (Å²) >= 11 is 0. The van der Waals surface area contributed by atoms with Gasteiger partial charge in [-0.2, -0.15) is 0 Å². The van der Waals surface area contributed by atoms with Gasteiger partial charge in [-0.1, -0.05) is 31.7 Å². The smallest absolute Gasteiger partial charge is 0.212 e. The number of rotatable bonds is 7. The molecular formula is C17H28N4O. The van der Waals surface area contributed by atoms with Crippen molar-refractivity contribution in [3.05, 3.63) is 23.9 Å². The first-order chi connectivity index (χ1) is 10.8. The molecule has 1 aliphatic rings. The molecule has 1 aliphatic carbocycles. The van der Waals surface area contributed by atoms with Gasteiger partial charge in [0, 0.05) is 32.4 Å². The summed E-state index contributed by atoms with van der Waals surface area (Å²) in [5.41, 5.74) is 1.11.